The molecule has 28 heavy (non-hydrogen) atoms. The van der Waals surface area contributed by atoms with Crippen LogP contribution in [0, 0.1) is 0 Å². The fraction of sp³-hybridized carbons (Fsp3) is 0.125. The Balaban J connectivity index is 1.67. The van der Waals surface area contributed by atoms with E-state index in [1.165, 1.54) is 0 Å². The minimum absolute atomic E-state index is 0.680. The predicted octanol–water partition coefficient (Wildman–Crippen LogP) is 6.06. The van der Waals surface area contributed by atoms with Gasteiger partial charge in [-0.15, -0.1) is 0 Å². The minimum atomic E-state index is 0.680. The van der Waals surface area contributed by atoms with E-state index in [0.717, 1.165) is 51.7 Å². The van der Waals surface area contributed by atoms with Crippen molar-refractivity contribution in [1.82, 2.24) is 15.0 Å². The Morgan fingerprint density at radius 3 is 2.21 bits per heavy atom. The van der Waals surface area contributed by atoms with Crippen LogP contribution < -0.4 is 0 Å². The molecule has 0 aliphatic rings. The summed E-state index contributed by atoms with van der Waals surface area (Å²) >= 11 is 0. The van der Waals surface area contributed by atoms with E-state index in [1.54, 1.807) is 0 Å². The molecular weight excluding hydrogens is 346 g/mol. The number of hydrogen-bond acceptors (Lipinski definition) is 4. The molecule has 0 saturated carbocycles. The quantitative estimate of drug-likeness (QED) is 0.388. The monoisotopic (exact) mass is 365 g/mol. The van der Waals surface area contributed by atoms with Crippen LogP contribution >= 0.6 is 0 Å². The summed E-state index contributed by atoms with van der Waals surface area (Å²) in [5, 5.41) is 2.22. The van der Waals surface area contributed by atoms with Gasteiger partial charge in [-0.2, -0.15) is 0 Å². The van der Waals surface area contributed by atoms with Crippen LogP contribution in [0.3, 0.4) is 0 Å². The van der Waals surface area contributed by atoms with Gasteiger partial charge in [-0.3, -0.25) is 0 Å². The molecule has 0 aliphatic heterocycles. The Hall–Kier alpha value is -3.53. The van der Waals surface area contributed by atoms with Crippen LogP contribution in [0.15, 0.2) is 77.2 Å². The molecule has 0 unspecified atom stereocenters. The average molecular weight is 365 g/mol. The Labute approximate surface area is 162 Å². The highest BCUT2D eigenvalue weighted by molar-refractivity contribution is 6.05. The average Bonchev–Trinajstić information content (AvgIpc) is 3.12. The molecule has 0 radical (unpaired) electrons. The van der Waals surface area contributed by atoms with Crippen LogP contribution in [-0.2, 0) is 6.42 Å². The van der Waals surface area contributed by atoms with Crippen LogP contribution in [0.25, 0.3) is 44.7 Å². The van der Waals surface area contributed by atoms with Crippen LogP contribution in [0.4, 0.5) is 0 Å². The van der Waals surface area contributed by atoms with Crippen molar-refractivity contribution >= 4 is 21.9 Å². The molecule has 0 aliphatic carbocycles. The number of hydrogen-bond donors (Lipinski definition) is 0. The maximum Gasteiger partial charge on any atom is 0.163 e. The standard InChI is InChI=1S/C24H19N3O/c1-2-8-22-25-23(16-9-4-3-5-10-16)27-24(26-22)17-13-14-19-18-11-6-7-12-20(18)28-21(19)15-17/h3-7,9-15H,2,8H2,1H3. The zero-order valence-corrected chi connectivity index (χ0v) is 15.6. The number of aryl methyl sites for hydroxylation is 1. The molecule has 2 aromatic heterocycles. The van der Waals surface area contributed by atoms with Crippen molar-refractivity contribution in [3.63, 3.8) is 0 Å². The molecule has 2 heterocycles. The van der Waals surface area contributed by atoms with Gasteiger partial charge in [-0.05, 0) is 24.6 Å². The van der Waals surface area contributed by atoms with Crippen molar-refractivity contribution in [3.8, 4) is 22.8 Å². The van der Waals surface area contributed by atoms with Crippen molar-refractivity contribution in [2.45, 2.75) is 19.8 Å². The number of fused-ring (bicyclic) bond motifs is 3. The van der Waals surface area contributed by atoms with Crippen LogP contribution in [0.1, 0.15) is 19.2 Å². The van der Waals surface area contributed by atoms with Crippen molar-refractivity contribution < 1.29 is 4.42 Å². The number of benzene rings is 3. The van der Waals surface area contributed by atoms with E-state index in [0.29, 0.717) is 11.6 Å². The van der Waals surface area contributed by atoms with E-state index in [2.05, 4.69) is 30.1 Å². The van der Waals surface area contributed by atoms with Gasteiger partial charge in [0.1, 0.15) is 17.0 Å². The molecule has 4 heteroatoms. The first-order chi connectivity index (χ1) is 13.8. The summed E-state index contributed by atoms with van der Waals surface area (Å²) in [6, 6.07) is 24.3. The topological polar surface area (TPSA) is 51.8 Å². The lowest BCUT2D eigenvalue weighted by Crippen LogP contribution is -2.02. The van der Waals surface area contributed by atoms with Crippen molar-refractivity contribution in [1.29, 1.82) is 0 Å². The van der Waals surface area contributed by atoms with E-state index >= 15 is 0 Å². The fourth-order valence-electron chi connectivity index (χ4n) is 3.47. The van der Waals surface area contributed by atoms with Crippen LogP contribution in [0.5, 0.6) is 0 Å². The van der Waals surface area contributed by atoms with E-state index in [9.17, 15) is 0 Å². The predicted molar refractivity (Wildman–Crippen MR) is 112 cm³/mol. The third-order valence-electron chi connectivity index (χ3n) is 4.82. The Bertz CT molecular complexity index is 1280. The highest BCUT2D eigenvalue weighted by atomic mass is 16.3. The number of nitrogens with zero attached hydrogens (tertiary/aromatic N) is 3. The van der Waals surface area contributed by atoms with Gasteiger partial charge >= 0.3 is 0 Å². The lowest BCUT2D eigenvalue weighted by Gasteiger charge is -2.07. The number of para-hydroxylation sites is 1. The van der Waals surface area contributed by atoms with E-state index in [1.807, 2.05) is 54.6 Å². The molecule has 0 saturated heterocycles. The van der Waals surface area contributed by atoms with Gasteiger partial charge in [0, 0.05) is 28.3 Å². The first-order valence-electron chi connectivity index (χ1n) is 9.54. The van der Waals surface area contributed by atoms with Gasteiger partial charge < -0.3 is 4.42 Å². The van der Waals surface area contributed by atoms with Crippen LogP contribution in [-0.4, -0.2) is 15.0 Å². The Morgan fingerprint density at radius 2 is 1.39 bits per heavy atom. The third kappa shape index (κ3) is 2.93. The van der Waals surface area contributed by atoms with Crippen LogP contribution in [0.2, 0.25) is 0 Å². The third-order valence-corrected chi connectivity index (χ3v) is 4.82. The van der Waals surface area contributed by atoms with Crippen molar-refractivity contribution in [2.75, 3.05) is 0 Å². The second kappa shape index (κ2) is 6.89. The first kappa shape index (κ1) is 16.6. The highest BCUT2D eigenvalue weighted by Crippen LogP contribution is 2.31. The summed E-state index contributed by atoms with van der Waals surface area (Å²) in [6.45, 7) is 2.13. The maximum absolute atomic E-state index is 6.04. The molecule has 5 aromatic rings. The molecule has 3 aromatic carbocycles. The number of furan rings is 1. The molecule has 136 valence electrons. The van der Waals surface area contributed by atoms with E-state index < -0.39 is 0 Å². The zero-order chi connectivity index (χ0) is 18.9. The van der Waals surface area contributed by atoms with Gasteiger partial charge in [0.2, 0.25) is 0 Å². The lowest BCUT2D eigenvalue weighted by molar-refractivity contribution is 0.669. The molecular formula is C24H19N3O. The summed E-state index contributed by atoms with van der Waals surface area (Å²) in [4.78, 5) is 14.1. The van der Waals surface area contributed by atoms with Gasteiger partial charge in [-0.1, -0.05) is 61.5 Å². The van der Waals surface area contributed by atoms with Gasteiger partial charge in [0.25, 0.3) is 0 Å². The van der Waals surface area contributed by atoms with Crippen molar-refractivity contribution in [3.05, 3.63) is 78.6 Å². The minimum Gasteiger partial charge on any atom is -0.456 e. The normalized spacial score (nSPS) is 11.3. The van der Waals surface area contributed by atoms with E-state index in [4.69, 9.17) is 14.4 Å². The number of aromatic nitrogens is 3. The summed E-state index contributed by atoms with van der Waals surface area (Å²) in [5.41, 5.74) is 3.66. The highest BCUT2D eigenvalue weighted by Gasteiger charge is 2.13. The fourth-order valence-corrected chi connectivity index (χ4v) is 3.47. The second-order valence-electron chi connectivity index (χ2n) is 6.82. The molecule has 0 amide bonds. The van der Waals surface area contributed by atoms with Crippen molar-refractivity contribution in [2.24, 2.45) is 0 Å². The lowest BCUT2D eigenvalue weighted by atomic mass is 10.1. The summed E-state index contributed by atoms with van der Waals surface area (Å²) < 4.78 is 6.04. The van der Waals surface area contributed by atoms with Gasteiger partial charge in [0.05, 0.1) is 0 Å². The molecule has 0 fully saturated rings. The van der Waals surface area contributed by atoms with Gasteiger partial charge in [-0.25, -0.2) is 15.0 Å². The summed E-state index contributed by atoms with van der Waals surface area (Å²) in [7, 11) is 0. The Morgan fingerprint density at radius 1 is 0.679 bits per heavy atom. The Kier molecular flexibility index (Phi) is 4.09. The van der Waals surface area contributed by atoms with Gasteiger partial charge in [0.15, 0.2) is 11.6 Å². The van der Waals surface area contributed by atoms with E-state index in [-0.39, 0.29) is 0 Å². The zero-order valence-electron chi connectivity index (χ0n) is 15.6. The smallest absolute Gasteiger partial charge is 0.163 e. The molecule has 0 atom stereocenters. The summed E-state index contributed by atoms with van der Waals surface area (Å²) in [6.07, 6.45) is 1.81. The molecule has 4 nitrogen and oxygen atoms in total. The maximum atomic E-state index is 6.04. The number of rotatable bonds is 4. The molecule has 0 bridgehead atoms. The summed E-state index contributed by atoms with van der Waals surface area (Å²) in [5.74, 6) is 2.20. The SMILES string of the molecule is CCCc1nc(-c2ccccc2)nc(-c2ccc3c(c2)oc2ccccc23)n1. The largest absolute Gasteiger partial charge is 0.456 e. The second-order valence-corrected chi connectivity index (χ2v) is 6.82. The molecule has 0 N–H and O–H groups in total. The first-order valence-corrected chi connectivity index (χ1v) is 9.54. The molecule has 5 rings (SSSR count). The molecule has 0 spiro atoms.